The largest absolute Gasteiger partial charge is 0.641 e. The number of aromatic nitrogens is 5. The van der Waals surface area contributed by atoms with E-state index in [9.17, 15) is 0 Å². The first-order valence-corrected chi connectivity index (χ1v) is 10.7. The van der Waals surface area contributed by atoms with E-state index in [1.807, 2.05) is 136 Å². The van der Waals surface area contributed by atoms with Gasteiger partial charge < -0.3 is 14.3 Å². The van der Waals surface area contributed by atoms with Gasteiger partial charge in [0.25, 0.3) is 0 Å². The average molecular weight is 630 g/mol. The van der Waals surface area contributed by atoms with E-state index in [0.717, 1.165) is 22.8 Å². The van der Waals surface area contributed by atoms with Gasteiger partial charge in [0, 0.05) is 40.4 Å². The fourth-order valence-corrected chi connectivity index (χ4v) is 3.80. The second-order valence-electron chi connectivity index (χ2n) is 7.86. The minimum atomic E-state index is -1.88. The minimum Gasteiger partial charge on any atom is -0.641 e. The van der Waals surface area contributed by atoms with E-state index < -0.39 is 6.82 Å². The summed E-state index contributed by atoms with van der Waals surface area (Å²) in [7, 11) is 3.94. The average Bonchev–Trinajstić information content (AvgIpc) is 3.59. The number of imidazole rings is 2. The topological polar surface area (TPSA) is 51.1 Å². The fourth-order valence-electron chi connectivity index (χ4n) is 3.80. The van der Waals surface area contributed by atoms with Crippen LogP contribution in [0, 0.1) is 6.07 Å². The molecule has 1 radical (unpaired) electrons. The maximum Gasteiger partial charge on any atom is 0.632 e. The molecule has 0 bridgehead atoms. The molecular formula is C25H24BIrN5O2. The molecule has 9 heteroatoms. The molecule has 0 saturated heterocycles. The third-order valence-corrected chi connectivity index (χ3v) is 5.39. The van der Waals surface area contributed by atoms with Gasteiger partial charge in [-0.2, -0.15) is 0 Å². The van der Waals surface area contributed by atoms with Crippen molar-refractivity contribution in [3.63, 3.8) is 0 Å². The zero-order chi connectivity index (χ0) is 22.7. The van der Waals surface area contributed by atoms with Crippen molar-refractivity contribution in [1.82, 2.24) is 23.1 Å². The fraction of sp³-hybridized carbons (Fsp3) is 0.0800. The van der Waals surface area contributed by atoms with Crippen molar-refractivity contribution in [3.8, 4) is 22.8 Å². The summed E-state index contributed by atoms with van der Waals surface area (Å²) in [5, 5.41) is 0. The standard InChI is InChI=1S/C14H16BN4O2.C11H8N.Ir/c1-16-7-9-18(11-16)15(19-10-8-17(2)12-19)20-13-5-3-4-6-14(13)21-15;1-2-6-10(7-3-1)11-8-4-5-9-12-11;/h3-12H,1-2H3;1-6,8-9H;/q+1;-1;. The Morgan fingerprint density at radius 3 is 1.82 bits per heavy atom. The van der Waals surface area contributed by atoms with Gasteiger partial charge in [-0.15, -0.1) is 35.9 Å². The summed E-state index contributed by atoms with van der Waals surface area (Å²) in [4.78, 5) is 4.22. The van der Waals surface area contributed by atoms with Crippen LogP contribution in [0.4, 0.5) is 0 Å². The summed E-state index contributed by atoms with van der Waals surface area (Å²) >= 11 is 0. The van der Waals surface area contributed by atoms with Crippen molar-refractivity contribution in [2.24, 2.45) is 14.1 Å². The summed E-state index contributed by atoms with van der Waals surface area (Å²) < 4.78 is 20.3. The van der Waals surface area contributed by atoms with E-state index in [2.05, 4.69) is 11.1 Å². The first kappa shape index (κ1) is 23.5. The molecule has 1 aliphatic heterocycles. The first-order valence-electron chi connectivity index (χ1n) is 10.7. The molecule has 173 valence electrons. The number of nitrogens with zero attached hydrogens (tertiary/aromatic N) is 5. The SMILES string of the molecule is Cn1ccn([B-]2(n3ccn(C)[cH+]3)Oc3ccccc3O2)[cH+]1.[Ir].[c-]1ccccc1-c1ccccn1. The first-order chi connectivity index (χ1) is 16.1. The second-order valence-corrected chi connectivity index (χ2v) is 7.86. The van der Waals surface area contributed by atoms with Crippen LogP contribution in [0.5, 0.6) is 11.5 Å². The molecule has 0 atom stereocenters. The normalized spacial score (nSPS) is 12.9. The van der Waals surface area contributed by atoms with Gasteiger partial charge in [0.1, 0.15) is 36.5 Å². The molecular weight excluding hydrogens is 605 g/mol. The Morgan fingerprint density at radius 1 is 0.765 bits per heavy atom. The Kier molecular flexibility index (Phi) is 6.96. The smallest absolute Gasteiger partial charge is 0.632 e. The quantitative estimate of drug-likeness (QED) is 0.220. The van der Waals surface area contributed by atoms with Crippen molar-refractivity contribution in [2.45, 2.75) is 0 Å². The van der Waals surface area contributed by atoms with Crippen LogP contribution >= 0.6 is 0 Å². The Hall–Kier alpha value is -3.68. The molecule has 1 aliphatic rings. The third-order valence-electron chi connectivity index (χ3n) is 5.39. The van der Waals surface area contributed by atoms with E-state index in [-0.39, 0.29) is 20.1 Å². The molecule has 0 aliphatic carbocycles. The molecule has 6 rings (SSSR count). The second kappa shape index (κ2) is 10.1. The van der Waals surface area contributed by atoms with Crippen LogP contribution in [-0.4, -0.2) is 29.9 Å². The van der Waals surface area contributed by atoms with Crippen LogP contribution in [0.15, 0.2) is 110 Å². The van der Waals surface area contributed by atoms with Crippen molar-refractivity contribution < 1.29 is 29.4 Å². The van der Waals surface area contributed by atoms with E-state index >= 15 is 0 Å². The van der Waals surface area contributed by atoms with E-state index in [4.69, 9.17) is 9.31 Å². The van der Waals surface area contributed by atoms with Gasteiger partial charge in [0.05, 0.1) is 0 Å². The molecule has 5 aromatic rings. The van der Waals surface area contributed by atoms with Crippen molar-refractivity contribution in [3.05, 3.63) is 116 Å². The number of benzene rings is 2. The zero-order valence-electron chi connectivity index (χ0n) is 18.9. The van der Waals surface area contributed by atoms with Gasteiger partial charge in [-0.3, -0.25) is 8.96 Å². The van der Waals surface area contributed by atoms with Crippen molar-refractivity contribution >= 4 is 6.82 Å². The van der Waals surface area contributed by atoms with E-state index in [0.29, 0.717) is 0 Å². The molecule has 0 unspecified atom stereocenters. The molecule has 4 heterocycles. The van der Waals surface area contributed by atoms with Crippen molar-refractivity contribution in [2.75, 3.05) is 0 Å². The predicted molar refractivity (Wildman–Crippen MR) is 128 cm³/mol. The van der Waals surface area contributed by atoms with Gasteiger partial charge in [-0.25, -0.2) is 9.13 Å². The maximum absolute atomic E-state index is 6.23. The molecule has 3 aromatic heterocycles. The number of hydrogen-bond acceptors (Lipinski definition) is 3. The number of aryl methyl sites for hydroxylation is 2. The number of fused-ring (bicyclic) bond motifs is 1. The summed E-state index contributed by atoms with van der Waals surface area (Å²) in [6.45, 7) is -1.88. The van der Waals surface area contributed by atoms with Crippen molar-refractivity contribution in [1.29, 1.82) is 0 Å². The monoisotopic (exact) mass is 630 g/mol. The third kappa shape index (κ3) is 4.67. The Balaban J connectivity index is 0.000000180. The minimum absolute atomic E-state index is 0. The molecule has 0 amide bonds. The molecule has 0 N–H and O–H groups in total. The summed E-state index contributed by atoms with van der Waals surface area (Å²) in [6, 6.07) is 24.6. The molecule has 34 heavy (non-hydrogen) atoms. The summed E-state index contributed by atoms with van der Waals surface area (Å²) in [5.74, 6) is 1.51. The summed E-state index contributed by atoms with van der Waals surface area (Å²) in [6.07, 6.45) is 13.5. The van der Waals surface area contributed by atoms with Crippen LogP contribution in [0.2, 0.25) is 0 Å². The zero-order valence-corrected chi connectivity index (χ0v) is 21.3. The Bertz CT molecular complexity index is 1250. The molecule has 7 nitrogen and oxygen atoms in total. The van der Waals surface area contributed by atoms with E-state index in [1.165, 1.54) is 0 Å². The Labute approximate surface area is 212 Å². The van der Waals surface area contributed by atoms with Gasteiger partial charge in [0.15, 0.2) is 12.4 Å². The number of rotatable bonds is 3. The molecule has 2 aromatic carbocycles. The number of pyridine rings is 1. The van der Waals surface area contributed by atoms with Gasteiger partial charge in [-0.05, 0) is 23.9 Å². The molecule has 0 fully saturated rings. The van der Waals surface area contributed by atoms with Crippen LogP contribution in [0.1, 0.15) is 0 Å². The maximum atomic E-state index is 6.23. The number of hydrogen-bond donors (Lipinski definition) is 0. The van der Waals surface area contributed by atoms with Crippen LogP contribution in [-0.2, 0) is 34.2 Å². The predicted octanol–water partition coefficient (Wildman–Crippen LogP) is 4.38. The van der Waals surface area contributed by atoms with E-state index in [1.54, 1.807) is 6.20 Å². The van der Waals surface area contributed by atoms with Crippen LogP contribution in [0.25, 0.3) is 11.3 Å². The van der Waals surface area contributed by atoms with Gasteiger partial charge in [0.2, 0.25) is 0 Å². The molecule has 0 saturated carbocycles. The van der Waals surface area contributed by atoms with Gasteiger partial charge >= 0.3 is 6.82 Å². The number of para-hydroxylation sites is 2. The molecule has 0 spiro atoms. The van der Waals surface area contributed by atoms with Crippen LogP contribution < -0.4 is 9.31 Å². The van der Waals surface area contributed by atoms with Gasteiger partial charge in [-0.1, -0.05) is 24.3 Å². The van der Waals surface area contributed by atoms with Crippen LogP contribution in [0.3, 0.4) is 0 Å². The Morgan fingerprint density at radius 2 is 1.35 bits per heavy atom. The summed E-state index contributed by atoms with van der Waals surface area (Å²) in [5.41, 5.74) is 2.01.